The van der Waals surface area contributed by atoms with Crippen molar-refractivity contribution >= 4 is 11.6 Å². The first kappa shape index (κ1) is 16.4. The number of hydrogen-bond donors (Lipinski definition) is 1. The first-order valence-electron chi connectivity index (χ1n) is 7.97. The van der Waals surface area contributed by atoms with Crippen molar-refractivity contribution in [1.82, 2.24) is 4.98 Å². The van der Waals surface area contributed by atoms with Crippen LogP contribution in [0.25, 0.3) is 0 Å². The molecule has 1 atom stereocenters. The Hall–Kier alpha value is -2.44. The predicted molar refractivity (Wildman–Crippen MR) is 89.3 cm³/mol. The fourth-order valence-corrected chi connectivity index (χ4v) is 2.33. The summed E-state index contributed by atoms with van der Waals surface area (Å²) >= 11 is 0. The molecule has 0 bridgehead atoms. The number of benzene rings is 1. The van der Waals surface area contributed by atoms with Gasteiger partial charge in [-0.2, -0.15) is 0 Å². The van der Waals surface area contributed by atoms with Crippen LogP contribution in [0.3, 0.4) is 0 Å². The summed E-state index contributed by atoms with van der Waals surface area (Å²) in [6, 6.07) is 11.3. The third-order valence-electron chi connectivity index (χ3n) is 3.64. The molecule has 3 rings (SSSR count). The molecular weight excluding hydrogens is 308 g/mol. The highest BCUT2D eigenvalue weighted by atomic mass is 16.6. The zero-order chi connectivity index (χ0) is 16.8. The Morgan fingerprint density at radius 3 is 2.96 bits per heavy atom. The van der Waals surface area contributed by atoms with Gasteiger partial charge < -0.3 is 19.5 Å². The molecule has 1 aliphatic heterocycles. The van der Waals surface area contributed by atoms with Crippen molar-refractivity contribution in [2.75, 3.05) is 25.1 Å². The van der Waals surface area contributed by atoms with Crippen molar-refractivity contribution in [3.05, 3.63) is 48.2 Å². The maximum Gasteiger partial charge on any atom is 0.255 e. The van der Waals surface area contributed by atoms with E-state index in [1.54, 1.807) is 18.3 Å². The Bertz CT molecular complexity index is 682. The van der Waals surface area contributed by atoms with E-state index in [2.05, 4.69) is 23.3 Å². The summed E-state index contributed by atoms with van der Waals surface area (Å²) in [5, 5.41) is 2.76. The maximum atomic E-state index is 12.0. The molecule has 2 heterocycles. The molecule has 6 nitrogen and oxygen atoms in total. The lowest BCUT2D eigenvalue weighted by molar-refractivity contribution is -0.142. The van der Waals surface area contributed by atoms with Gasteiger partial charge in [0.25, 0.3) is 5.91 Å². The highest BCUT2D eigenvalue weighted by molar-refractivity contribution is 5.94. The molecule has 0 spiro atoms. The van der Waals surface area contributed by atoms with E-state index in [-0.39, 0.29) is 12.5 Å². The second-order valence-electron chi connectivity index (χ2n) is 5.41. The Balaban J connectivity index is 1.59. The highest BCUT2D eigenvalue weighted by Gasteiger charge is 2.22. The van der Waals surface area contributed by atoms with E-state index in [9.17, 15) is 4.79 Å². The number of rotatable bonds is 5. The molecule has 1 unspecified atom stereocenters. The molecular formula is C18H20N2O4. The van der Waals surface area contributed by atoms with Crippen LogP contribution in [-0.2, 0) is 20.7 Å². The average Bonchev–Trinajstić information content (AvgIpc) is 2.64. The van der Waals surface area contributed by atoms with E-state index in [4.69, 9.17) is 14.2 Å². The smallest absolute Gasteiger partial charge is 0.255 e. The lowest BCUT2D eigenvalue weighted by atomic mass is 10.2. The number of carbonyl (C=O) groups is 1. The van der Waals surface area contributed by atoms with Gasteiger partial charge in [-0.05, 0) is 30.2 Å². The Morgan fingerprint density at radius 1 is 1.33 bits per heavy atom. The van der Waals surface area contributed by atoms with Gasteiger partial charge in [0.05, 0.1) is 31.7 Å². The Morgan fingerprint density at radius 2 is 2.25 bits per heavy atom. The van der Waals surface area contributed by atoms with Gasteiger partial charge >= 0.3 is 0 Å². The van der Waals surface area contributed by atoms with Crippen molar-refractivity contribution < 1.29 is 19.0 Å². The second-order valence-corrected chi connectivity index (χ2v) is 5.41. The molecule has 0 aliphatic carbocycles. The fraction of sp³-hybridized carbons (Fsp3) is 0.333. The van der Waals surface area contributed by atoms with E-state index in [0.717, 1.165) is 12.2 Å². The topological polar surface area (TPSA) is 69.7 Å². The molecule has 126 valence electrons. The van der Waals surface area contributed by atoms with Crippen LogP contribution < -0.4 is 10.1 Å². The van der Waals surface area contributed by atoms with Gasteiger partial charge in [-0.3, -0.25) is 4.79 Å². The molecule has 1 fully saturated rings. The molecule has 1 aliphatic rings. The standard InChI is InChI=1S/C18H20N2O4/c1-2-13-4-3-5-15(10-13)24-17-7-6-14(11-19-17)20-18(21)16-12-22-8-9-23-16/h3-7,10-11,16H,2,8-9,12H2,1H3,(H,20,21). The first-order chi connectivity index (χ1) is 11.7. The van der Waals surface area contributed by atoms with E-state index >= 15 is 0 Å². The number of nitrogens with zero attached hydrogens (tertiary/aromatic N) is 1. The molecule has 1 amide bonds. The summed E-state index contributed by atoms with van der Waals surface area (Å²) in [5.74, 6) is 0.978. The predicted octanol–water partition coefficient (Wildman–Crippen LogP) is 2.79. The third kappa shape index (κ3) is 4.31. The quantitative estimate of drug-likeness (QED) is 0.914. The van der Waals surface area contributed by atoms with Gasteiger partial charge in [0.1, 0.15) is 5.75 Å². The minimum absolute atomic E-state index is 0.235. The van der Waals surface area contributed by atoms with Gasteiger partial charge in [0.2, 0.25) is 5.88 Å². The molecule has 0 radical (unpaired) electrons. The lowest BCUT2D eigenvalue weighted by Crippen LogP contribution is -2.39. The minimum Gasteiger partial charge on any atom is -0.439 e. The number of carbonyl (C=O) groups excluding carboxylic acids is 1. The van der Waals surface area contributed by atoms with Gasteiger partial charge in [-0.1, -0.05) is 19.1 Å². The van der Waals surface area contributed by atoms with E-state index in [0.29, 0.717) is 24.8 Å². The lowest BCUT2D eigenvalue weighted by Gasteiger charge is -2.21. The SMILES string of the molecule is CCc1cccc(Oc2ccc(NC(=O)C3COCCO3)cn2)c1. The Labute approximate surface area is 140 Å². The van der Waals surface area contributed by atoms with Crippen molar-refractivity contribution in [3.63, 3.8) is 0 Å². The number of aromatic nitrogens is 1. The van der Waals surface area contributed by atoms with Crippen molar-refractivity contribution in [2.24, 2.45) is 0 Å². The van der Waals surface area contributed by atoms with E-state index < -0.39 is 6.10 Å². The number of aryl methyl sites for hydroxylation is 1. The normalized spacial score (nSPS) is 17.3. The number of anilines is 1. The zero-order valence-corrected chi connectivity index (χ0v) is 13.5. The van der Waals surface area contributed by atoms with Crippen molar-refractivity contribution in [2.45, 2.75) is 19.4 Å². The van der Waals surface area contributed by atoms with Crippen molar-refractivity contribution in [1.29, 1.82) is 0 Å². The van der Waals surface area contributed by atoms with Crippen LogP contribution in [0.5, 0.6) is 11.6 Å². The average molecular weight is 328 g/mol. The van der Waals surface area contributed by atoms with E-state index in [1.165, 1.54) is 5.56 Å². The summed E-state index contributed by atoms with van der Waals surface area (Å²) in [6.45, 7) is 3.32. The number of amides is 1. The highest BCUT2D eigenvalue weighted by Crippen LogP contribution is 2.22. The maximum absolute atomic E-state index is 12.0. The van der Waals surface area contributed by atoms with Crippen LogP contribution in [0, 0.1) is 0 Å². The summed E-state index contributed by atoms with van der Waals surface area (Å²) in [5.41, 5.74) is 1.79. The summed E-state index contributed by atoms with van der Waals surface area (Å²) in [7, 11) is 0. The summed E-state index contributed by atoms with van der Waals surface area (Å²) in [6.07, 6.45) is 1.93. The van der Waals surface area contributed by atoms with Crippen LogP contribution in [0.15, 0.2) is 42.6 Å². The molecule has 24 heavy (non-hydrogen) atoms. The number of nitrogens with one attached hydrogen (secondary N) is 1. The molecule has 0 saturated carbocycles. The van der Waals surface area contributed by atoms with Crippen LogP contribution in [0.1, 0.15) is 12.5 Å². The summed E-state index contributed by atoms with van der Waals surface area (Å²) < 4.78 is 16.3. The number of hydrogen-bond acceptors (Lipinski definition) is 5. The molecule has 6 heteroatoms. The van der Waals surface area contributed by atoms with Crippen LogP contribution in [0.4, 0.5) is 5.69 Å². The fourth-order valence-electron chi connectivity index (χ4n) is 2.33. The molecule has 1 N–H and O–H groups in total. The first-order valence-corrected chi connectivity index (χ1v) is 7.97. The molecule has 2 aromatic rings. The van der Waals surface area contributed by atoms with Crippen LogP contribution >= 0.6 is 0 Å². The Kier molecular flexibility index (Phi) is 5.40. The zero-order valence-electron chi connectivity index (χ0n) is 13.5. The monoisotopic (exact) mass is 328 g/mol. The van der Waals surface area contributed by atoms with E-state index in [1.807, 2.05) is 18.2 Å². The van der Waals surface area contributed by atoms with Crippen molar-refractivity contribution in [3.8, 4) is 11.6 Å². The largest absolute Gasteiger partial charge is 0.439 e. The van der Waals surface area contributed by atoms with Gasteiger partial charge in [0, 0.05) is 6.07 Å². The minimum atomic E-state index is -0.577. The number of pyridine rings is 1. The third-order valence-corrected chi connectivity index (χ3v) is 3.64. The van der Waals surface area contributed by atoms with Crippen LogP contribution in [-0.4, -0.2) is 36.8 Å². The number of ether oxygens (including phenoxy) is 3. The van der Waals surface area contributed by atoms with Gasteiger partial charge in [-0.15, -0.1) is 0 Å². The molecule has 1 aromatic carbocycles. The second kappa shape index (κ2) is 7.90. The molecule has 1 aromatic heterocycles. The van der Waals surface area contributed by atoms with Gasteiger partial charge in [-0.25, -0.2) is 4.98 Å². The van der Waals surface area contributed by atoms with Gasteiger partial charge in [0.15, 0.2) is 6.10 Å². The van der Waals surface area contributed by atoms with Crippen LogP contribution in [0.2, 0.25) is 0 Å². The molecule has 1 saturated heterocycles. The summed E-state index contributed by atoms with van der Waals surface area (Å²) in [4.78, 5) is 16.3.